The van der Waals surface area contributed by atoms with Crippen LogP contribution in [0, 0.1) is 0 Å². The van der Waals surface area contributed by atoms with Gasteiger partial charge in [0, 0.05) is 37.6 Å². The molecule has 0 fully saturated rings. The van der Waals surface area contributed by atoms with Crippen LogP contribution in [0.25, 0.3) is 11.3 Å². The molecule has 0 aliphatic rings. The number of pyridine rings is 2. The van der Waals surface area contributed by atoms with Crippen LogP contribution in [0.1, 0.15) is 21.0 Å². The fourth-order valence-electron chi connectivity index (χ4n) is 2.67. The number of aryl methyl sites for hydroxylation is 1. The molecule has 0 aromatic carbocycles. The first-order valence-corrected chi connectivity index (χ1v) is 9.38. The zero-order valence-corrected chi connectivity index (χ0v) is 16.8. The minimum atomic E-state index is -1.09. The third-order valence-corrected chi connectivity index (χ3v) is 4.08. The van der Waals surface area contributed by atoms with Crippen molar-refractivity contribution >= 4 is 17.6 Å². The Bertz CT molecular complexity index is 1070. The van der Waals surface area contributed by atoms with Gasteiger partial charge in [0.2, 0.25) is 5.88 Å². The summed E-state index contributed by atoms with van der Waals surface area (Å²) in [5.74, 6) is -1.09. The zero-order valence-electron chi connectivity index (χ0n) is 16.8. The number of hydrogen-bond donors (Lipinski definition) is 3. The number of nitrogens with one attached hydrogen (secondary N) is 1. The van der Waals surface area contributed by atoms with Gasteiger partial charge in [0.05, 0.1) is 24.6 Å². The lowest BCUT2D eigenvalue weighted by atomic mass is 10.1. The summed E-state index contributed by atoms with van der Waals surface area (Å²) in [5.41, 5.74) is 7.36. The van der Waals surface area contributed by atoms with E-state index in [9.17, 15) is 9.59 Å². The molecule has 4 N–H and O–H groups in total. The molecule has 11 nitrogen and oxygen atoms in total. The number of nitrogens with two attached hydrogens (primary N) is 1. The molecule has 0 saturated carbocycles. The maximum Gasteiger partial charge on any atom is 0.354 e. The van der Waals surface area contributed by atoms with Crippen LogP contribution in [-0.2, 0) is 11.8 Å². The minimum absolute atomic E-state index is 0.0389. The number of carbonyl (C=O) groups is 2. The number of aromatic carboxylic acids is 1. The molecule has 0 radical (unpaired) electrons. The Morgan fingerprint density at radius 2 is 2.06 bits per heavy atom. The molecule has 3 rings (SSSR count). The van der Waals surface area contributed by atoms with Crippen LogP contribution in [0.15, 0.2) is 42.7 Å². The van der Waals surface area contributed by atoms with E-state index in [1.165, 1.54) is 10.7 Å². The standard InChI is InChI=1S/C20H22N6O5/c1-26-12-14(21)18(25-26)19(27)23-7-8-30-9-10-31-17-11-13(5-6-22-17)15-3-2-4-16(24-15)20(28)29/h2-6,11-12H,7-10,21H2,1H3,(H,23,27)(H,28,29). The maximum atomic E-state index is 12.0. The Balaban J connectivity index is 1.40. The second-order valence-corrected chi connectivity index (χ2v) is 6.42. The summed E-state index contributed by atoms with van der Waals surface area (Å²) in [6.45, 7) is 1.13. The van der Waals surface area contributed by atoms with Crippen molar-refractivity contribution in [3.05, 3.63) is 54.1 Å². The van der Waals surface area contributed by atoms with Gasteiger partial charge in [0.15, 0.2) is 5.69 Å². The lowest BCUT2D eigenvalue weighted by molar-refractivity contribution is 0.0690. The smallest absolute Gasteiger partial charge is 0.354 e. The predicted molar refractivity (Wildman–Crippen MR) is 111 cm³/mol. The molecule has 3 aromatic rings. The highest BCUT2D eigenvalue weighted by Crippen LogP contribution is 2.20. The van der Waals surface area contributed by atoms with Crippen molar-refractivity contribution in [3.8, 4) is 17.1 Å². The number of aromatic nitrogens is 4. The fourth-order valence-corrected chi connectivity index (χ4v) is 2.67. The molecule has 11 heteroatoms. The molecule has 0 atom stereocenters. The van der Waals surface area contributed by atoms with Gasteiger partial charge in [-0.1, -0.05) is 6.07 Å². The first-order chi connectivity index (χ1) is 14.9. The number of nitrogen functional groups attached to an aromatic ring is 1. The number of anilines is 1. The van der Waals surface area contributed by atoms with Gasteiger partial charge in [0.1, 0.15) is 12.3 Å². The summed E-state index contributed by atoms with van der Waals surface area (Å²) in [6, 6.07) is 8.15. The Hall–Kier alpha value is -3.99. The first kappa shape index (κ1) is 21.7. The predicted octanol–water partition coefficient (Wildman–Crippen LogP) is 0.983. The molecule has 0 bridgehead atoms. The van der Waals surface area contributed by atoms with Gasteiger partial charge in [-0.25, -0.2) is 14.8 Å². The van der Waals surface area contributed by atoms with Crippen LogP contribution in [0.5, 0.6) is 5.88 Å². The van der Waals surface area contributed by atoms with Gasteiger partial charge < -0.3 is 25.6 Å². The van der Waals surface area contributed by atoms with Gasteiger partial charge in [-0.15, -0.1) is 0 Å². The van der Waals surface area contributed by atoms with Crippen molar-refractivity contribution < 1.29 is 24.2 Å². The highest BCUT2D eigenvalue weighted by Gasteiger charge is 2.13. The van der Waals surface area contributed by atoms with Gasteiger partial charge in [0.25, 0.3) is 5.91 Å². The second kappa shape index (κ2) is 10.2. The summed E-state index contributed by atoms with van der Waals surface area (Å²) < 4.78 is 12.5. The lowest BCUT2D eigenvalue weighted by Crippen LogP contribution is -2.28. The Kier molecular flexibility index (Phi) is 7.12. The molecular weight excluding hydrogens is 404 g/mol. The summed E-state index contributed by atoms with van der Waals surface area (Å²) in [6.07, 6.45) is 3.12. The van der Waals surface area contributed by atoms with Crippen molar-refractivity contribution in [3.63, 3.8) is 0 Å². The molecule has 1 amide bonds. The molecule has 0 spiro atoms. The Morgan fingerprint density at radius 1 is 1.23 bits per heavy atom. The van der Waals surface area contributed by atoms with Crippen molar-refractivity contribution in [2.75, 3.05) is 32.1 Å². The van der Waals surface area contributed by atoms with E-state index in [4.69, 9.17) is 20.3 Å². The van der Waals surface area contributed by atoms with Crippen LogP contribution in [0.4, 0.5) is 5.69 Å². The number of amides is 1. The second-order valence-electron chi connectivity index (χ2n) is 6.42. The van der Waals surface area contributed by atoms with Crippen LogP contribution >= 0.6 is 0 Å². The van der Waals surface area contributed by atoms with E-state index in [-0.39, 0.29) is 23.9 Å². The van der Waals surface area contributed by atoms with Crippen LogP contribution in [0.2, 0.25) is 0 Å². The van der Waals surface area contributed by atoms with Crippen molar-refractivity contribution in [1.82, 2.24) is 25.1 Å². The Labute approximate surface area is 177 Å². The quantitative estimate of drug-likeness (QED) is 0.402. The molecule has 3 aromatic heterocycles. The van der Waals surface area contributed by atoms with Gasteiger partial charge in [-0.3, -0.25) is 9.48 Å². The van der Waals surface area contributed by atoms with Gasteiger partial charge in [-0.2, -0.15) is 5.10 Å². The average molecular weight is 426 g/mol. The number of carboxylic acids is 1. The topological polar surface area (TPSA) is 154 Å². The number of carboxylic acid groups (broad SMARTS) is 1. The minimum Gasteiger partial charge on any atom is -0.477 e. The largest absolute Gasteiger partial charge is 0.477 e. The van der Waals surface area contributed by atoms with E-state index in [0.717, 1.165) is 0 Å². The normalized spacial score (nSPS) is 10.6. The SMILES string of the molecule is Cn1cc(N)c(C(=O)NCCOCCOc2cc(-c3cccc(C(=O)O)n3)ccn2)n1. The molecule has 162 valence electrons. The van der Waals surface area contributed by atoms with E-state index < -0.39 is 5.97 Å². The van der Waals surface area contributed by atoms with E-state index >= 15 is 0 Å². The van der Waals surface area contributed by atoms with Gasteiger partial charge >= 0.3 is 5.97 Å². The van der Waals surface area contributed by atoms with Crippen LogP contribution in [-0.4, -0.2) is 63.1 Å². The number of carbonyl (C=O) groups excluding carboxylic acids is 1. The number of hydrogen-bond acceptors (Lipinski definition) is 8. The highest BCUT2D eigenvalue weighted by atomic mass is 16.5. The molecule has 0 aliphatic heterocycles. The van der Waals surface area contributed by atoms with Crippen molar-refractivity contribution in [1.29, 1.82) is 0 Å². The molecule has 31 heavy (non-hydrogen) atoms. The molecular formula is C20H22N6O5. The van der Waals surface area contributed by atoms with Crippen LogP contribution in [0.3, 0.4) is 0 Å². The summed E-state index contributed by atoms with van der Waals surface area (Å²) in [4.78, 5) is 31.3. The number of nitrogens with zero attached hydrogens (tertiary/aromatic N) is 4. The highest BCUT2D eigenvalue weighted by molar-refractivity contribution is 5.96. The summed E-state index contributed by atoms with van der Waals surface area (Å²) in [7, 11) is 1.68. The fraction of sp³-hybridized carbons (Fsp3) is 0.250. The number of rotatable bonds is 10. The molecule has 0 unspecified atom stereocenters. The van der Waals surface area contributed by atoms with E-state index in [1.807, 2.05) is 0 Å². The average Bonchev–Trinajstić information content (AvgIpc) is 3.11. The maximum absolute atomic E-state index is 12.0. The molecule has 0 aliphatic carbocycles. The van der Waals surface area contributed by atoms with Crippen molar-refractivity contribution in [2.24, 2.45) is 7.05 Å². The summed E-state index contributed by atoms with van der Waals surface area (Å²) >= 11 is 0. The monoisotopic (exact) mass is 426 g/mol. The molecule has 0 saturated heterocycles. The van der Waals surface area contributed by atoms with Gasteiger partial charge in [-0.05, 0) is 18.2 Å². The first-order valence-electron chi connectivity index (χ1n) is 9.38. The Morgan fingerprint density at radius 3 is 2.81 bits per heavy atom. The van der Waals surface area contributed by atoms with E-state index in [0.29, 0.717) is 42.6 Å². The zero-order chi connectivity index (χ0) is 22.2. The third-order valence-electron chi connectivity index (χ3n) is 4.08. The van der Waals surface area contributed by atoms with Crippen molar-refractivity contribution in [2.45, 2.75) is 0 Å². The third kappa shape index (κ3) is 6.00. The van der Waals surface area contributed by atoms with E-state index in [1.54, 1.807) is 43.7 Å². The van der Waals surface area contributed by atoms with Crippen LogP contribution < -0.4 is 15.8 Å². The lowest BCUT2D eigenvalue weighted by Gasteiger charge is -2.08. The number of ether oxygens (including phenoxy) is 2. The molecule has 3 heterocycles. The van der Waals surface area contributed by atoms with E-state index in [2.05, 4.69) is 20.4 Å². The summed E-state index contributed by atoms with van der Waals surface area (Å²) in [5, 5.41) is 15.7.